The van der Waals surface area contributed by atoms with E-state index in [1.807, 2.05) is 6.20 Å². The lowest BCUT2D eigenvalue weighted by Crippen LogP contribution is -2.39. The van der Waals surface area contributed by atoms with Gasteiger partial charge in [0.05, 0.1) is 0 Å². The largest absolute Gasteiger partial charge is 0.375 e. The van der Waals surface area contributed by atoms with Crippen molar-refractivity contribution in [1.82, 2.24) is 9.88 Å². The van der Waals surface area contributed by atoms with E-state index in [9.17, 15) is 0 Å². The Morgan fingerprint density at radius 3 is 2.88 bits per heavy atom. The molecule has 92 valence electrons. The van der Waals surface area contributed by atoms with Crippen molar-refractivity contribution >= 4 is 28.9 Å². The number of anilines is 1. The molecule has 1 aliphatic heterocycles. The van der Waals surface area contributed by atoms with Crippen LogP contribution in [0.3, 0.4) is 0 Å². The summed E-state index contributed by atoms with van der Waals surface area (Å²) < 4.78 is 0. The fraction of sp³-hybridized carbons (Fsp3) is 0.727. The lowest BCUT2D eigenvalue weighted by molar-refractivity contribution is 0.112. The minimum Gasteiger partial charge on any atom is -0.375 e. The minimum atomic E-state index is 0. The van der Waals surface area contributed by atoms with Crippen LogP contribution in [0.4, 0.5) is 5.13 Å². The number of hydrogen-bond acceptors (Lipinski definition) is 4. The van der Waals surface area contributed by atoms with E-state index in [1.54, 1.807) is 11.3 Å². The van der Waals surface area contributed by atoms with Crippen LogP contribution in [-0.2, 0) is 6.54 Å². The maximum Gasteiger partial charge on any atom is 0.180 e. The molecule has 2 rings (SSSR count). The van der Waals surface area contributed by atoms with Crippen LogP contribution in [0.25, 0.3) is 0 Å². The first-order valence-electron chi connectivity index (χ1n) is 5.48. The van der Waals surface area contributed by atoms with Gasteiger partial charge in [-0.1, -0.05) is 13.8 Å². The summed E-state index contributed by atoms with van der Waals surface area (Å²) in [6, 6.07) is 0. The van der Waals surface area contributed by atoms with Gasteiger partial charge in [-0.2, -0.15) is 0 Å². The van der Waals surface area contributed by atoms with Crippen molar-refractivity contribution in [2.75, 3.05) is 18.8 Å². The van der Waals surface area contributed by atoms with Gasteiger partial charge < -0.3 is 5.73 Å². The lowest BCUT2D eigenvalue weighted by atomic mass is 9.84. The topological polar surface area (TPSA) is 42.2 Å². The number of hydrogen-bond donors (Lipinski definition) is 1. The van der Waals surface area contributed by atoms with Crippen LogP contribution in [0.5, 0.6) is 0 Å². The van der Waals surface area contributed by atoms with Crippen LogP contribution in [0, 0.1) is 5.41 Å². The van der Waals surface area contributed by atoms with E-state index >= 15 is 0 Å². The highest BCUT2D eigenvalue weighted by Crippen LogP contribution is 2.29. The molecule has 16 heavy (non-hydrogen) atoms. The maximum atomic E-state index is 5.63. The van der Waals surface area contributed by atoms with Crippen molar-refractivity contribution in [3.63, 3.8) is 0 Å². The van der Waals surface area contributed by atoms with Gasteiger partial charge in [-0.15, -0.1) is 23.7 Å². The van der Waals surface area contributed by atoms with Gasteiger partial charge >= 0.3 is 0 Å². The summed E-state index contributed by atoms with van der Waals surface area (Å²) in [6.07, 6.45) is 4.55. The maximum absolute atomic E-state index is 5.63. The summed E-state index contributed by atoms with van der Waals surface area (Å²) in [5.74, 6) is 0. The molecule has 0 radical (unpaired) electrons. The van der Waals surface area contributed by atoms with Gasteiger partial charge in [-0.05, 0) is 24.8 Å². The molecular weight excluding hydrogens is 242 g/mol. The highest BCUT2D eigenvalue weighted by Gasteiger charge is 2.26. The third-order valence-electron chi connectivity index (χ3n) is 2.93. The molecule has 5 heteroatoms. The van der Waals surface area contributed by atoms with Crippen molar-refractivity contribution in [2.45, 2.75) is 33.2 Å². The molecule has 0 aromatic carbocycles. The summed E-state index contributed by atoms with van der Waals surface area (Å²) in [5.41, 5.74) is 6.09. The van der Waals surface area contributed by atoms with Crippen molar-refractivity contribution in [2.24, 2.45) is 5.41 Å². The van der Waals surface area contributed by atoms with Gasteiger partial charge in [0.25, 0.3) is 0 Å². The zero-order valence-electron chi connectivity index (χ0n) is 9.90. The minimum absolute atomic E-state index is 0. The Bertz CT molecular complexity index is 338. The molecule has 3 nitrogen and oxygen atoms in total. The predicted molar refractivity (Wildman–Crippen MR) is 72.1 cm³/mol. The van der Waals surface area contributed by atoms with Crippen molar-refractivity contribution < 1.29 is 0 Å². The molecule has 1 aromatic rings. The molecule has 0 spiro atoms. The van der Waals surface area contributed by atoms with E-state index in [0.717, 1.165) is 6.54 Å². The Morgan fingerprint density at radius 2 is 2.31 bits per heavy atom. The molecular formula is C11H20ClN3S. The van der Waals surface area contributed by atoms with Gasteiger partial charge in [0.15, 0.2) is 5.13 Å². The molecule has 1 aromatic heterocycles. The molecule has 0 atom stereocenters. The molecule has 0 amide bonds. The Hall–Kier alpha value is -0.320. The van der Waals surface area contributed by atoms with Gasteiger partial charge in [0, 0.05) is 24.2 Å². The number of aromatic nitrogens is 1. The highest BCUT2D eigenvalue weighted by atomic mass is 35.5. The first-order valence-corrected chi connectivity index (χ1v) is 6.29. The number of rotatable bonds is 2. The number of halogens is 1. The van der Waals surface area contributed by atoms with E-state index < -0.39 is 0 Å². The zero-order valence-corrected chi connectivity index (χ0v) is 11.5. The fourth-order valence-corrected chi connectivity index (χ4v) is 3.02. The first kappa shape index (κ1) is 13.7. The average Bonchev–Trinajstić information content (AvgIpc) is 2.49. The predicted octanol–water partition coefficient (Wildman–Crippen LogP) is 2.77. The second kappa shape index (κ2) is 5.34. The molecule has 0 unspecified atom stereocenters. The Balaban J connectivity index is 0.00000128. The van der Waals surface area contributed by atoms with Crippen LogP contribution in [0.2, 0.25) is 0 Å². The van der Waals surface area contributed by atoms with E-state index in [1.165, 1.54) is 30.8 Å². The summed E-state index contributed by atoms with van der Waals surface area (Å²) in [7, 11) is 0. The third kappa shape index (κ3) is 3.61. The van der Waals surface area contributed by atoms with Gasteiger partial charge in [-0.3, -0.25) is 4.90 Å². The second-order valence-corrected chi connectivity index (χ2v) is 6.29. The molecule has 1 aliphatic rings. The number of thiazole rings is 1. The summed E-state index contributed by atoms with van der Waals surface area (Å²) >= 11 is 1.61. The van der Waals surface area contributed by atoms with E-state index in [4.69, 9.17) is 5.73 Å². The summed E-state index contributed by atoms with van der Waals surface area (Å²) in [6.45, 7) is 8.10. The summed E-state index contributed by atoms with van der Waals surface area (Å²) in [4.78, 5) is 7.88. The molecule has 0 saturated carbocycles. The van der Waals surface area contributed by atoms with Crippen LogP contribution in [-0.4, -0.2) is 23.0 Å². The number of nitrogens with zero attached hydrogens (tertiary/aromatic N) is 2. The fourth-order valence-electron chi connectivity index (χ4n) is 2.30. The number of likely N-dealkylation sites (tertiary alicyclic amines) is 1. The number of nitrogen functional groups attached to an aromatic ring is 1. The quantitative estimate of drug-likeness (QED) is 0.890. The SMILES string of the molecule is CC1(C)CCCN(Cc2cnc(N)s2)C1.Cl. The summed E-state index contributed by atoms with van der Waals surface area (Å²) in [5, 5.41) is 0.682. The molecule has 0 aliphatic carbocycles. The Kier molecular flexibility index (Phi) is 4.59. The molecule has 2 N–H and O–H groups in total. The highest BCUT2D eigenvalue weighted by molar-refractivity contribution is 7.15. The first-order chi connectivity index (χ1) is 7.05. The van der Waals surface area contributed by atoms with Gasteiger partial charge in [-0.25, -0.2) is 4.98 Å². The zero-order chi connectivity index (χ0) is 10.9. The van der Waals surface area contributed by atoms with Crippen molar-refractivity contribution in [3.8, 4) is 0 Å². The van der Waals surface area contributed by atoms with Crippen LogP contribution >= 0.6 is 23.7 Å². The Morgan fingerprint density at radius 1 is 1.56 bits per heavy atom. The van der Waals surface area contributed by atoms with E-state index in [-0.39, 0.29) is 12.4 Å². The second-order valence-electron chi connectivity index (χ2n) is 5.14. The van der Waals surface area contributed by atoms with E-state index in [0.29, 0.717) is 10.5 Å². The number of piperidine rings is 1. The molecule has 0 bridgehead atoms. The van der Waals surface area contributed by atoms with E-state index in [2.05, 4.69) is 23.7 Å². The lowest BCUT2D eigenvalue weighted by Gasteiger charge is -2.37. The normalized spacial score (nSPS) is 20.4. The van der Waals surface area contributed by atoms with Crippen LogP contribution in [0.1, 0.15) is 31.6 Å². The van der Waals surface area contributed by atoms with Gasteiger partial charge in [0.2, 0.25) is 0 Å². The monoisotopic (exact) mass is 261 g/mol. The molecule has 1 saturated heterocycles. The average molecular weight is 262 g/mol. The third-order valence-corrected chi connectivity index (χ3v) is 3.74. The number of nitrogens with two attached hydrogens (primary N) is 1. The smallest absolute Gasteiger partial charge is 0.180 e. The van der Waals surface area contributed by atoms with Crippen molar-refractivity contribution in [1.29, 1.82) is 0 Å². The standard InChI is InChI=1S/C11H19N3S.ClH/c1-11(2)4-3-5-14(8-11)7-9-6-13-10(12)15-9;/h6H,3-5,7-8H2,1-2H3,(H2,12,13);1H. The van der Waals surface area contributed by atoms with Crippen LogP contribution in [0.15, 0.2) is 6.20 Å². The Labute approximate surface area is 107 Å². The van der Waals surface area contributed by atoms with Crippen LogP contribution < -0.4 is 5.73 Å². The van der Waals surface area contributed by atoms with Crippen molar-refractivity contribution in [3.05, 3.63) is 11.1 Å². The molecule has 2 heterocycles. The van der Waals surface area contributed by atoms with Gasteiger partial charge in [0.1, 0.15) is 0 Å². The molecule has 1 fully saturated rings.